The zero-order chi connectivity index (χ0) is 46.0. The van der Waals surface area contributed by atoms with Gasteiger partial charge in [0.1, 0.15) is 36.0 Å². The van der Waals surface area contributed by atoms with Gasteiger partial charge in [-0.3, -0.25) is 19.5 Å². The van der Waals surface area contributed by atoms with Crippen LogP contribution in [0, 0.1) is 29.6 Å². The summed E-state index contributed by atoms with van der Waals surface area (Å²) in [5, 5.41) is 32.3. The SMILES string of the molecule is C#CCCCC(=O)NC(C(=O)NCC(=O)Nc1ccc(COC(=O)NCCCOc2cccc(OC)c2-c2cc(Nc3cnc(C#N)cn3)n[nH]2)cc1)C(C)C.CCCNC(N)=O. The summed E-state index contributed by atoms with van der Waals surface area (Å²) in [7, 11) is 1.55. The Hall–Kier alpha value is -7.87. The van der Waals surface area contributed by atoms with Crippen molar-refractivity contribution in [2.24, 2.45) is 11.7 Å². The highest BCUT2D eigenvalue weighted by Crippen LogP contribution is 2.38. The molecule has 20 heteroatoms. The molecule has 1 atom stereocenters. The molecule has 2 heterocycles. The summed E-state index contributed by atoms with van der Waals surface area (Å²) in [6, 6.07) is 14.5. The number of aromatic nitrogens is 4. The highest BCUT2D eigenvalue weighted by atomic mass is 16.5. The number of primary amides is 1. The molecule has 0 spiro atoms. The number of urea groups is 1. The maximum Gasteiger partial charge on any atom is 0.407 e. The quantitative estimate of drug-likeness (QED) is 0.0406. The molecule has 6 amide bonds. The number of H-pyrrole nitrogens is 1. The molecule has 0 radical (unpaired) electrons. The lowest BCUT2D eigenvalue weighted by atomic mass is 10.0. The summed E-state index contributed by atoms with van der Waals surface area (Å²) in [5.41, 5.74) is 7.38. The molecule has 0 bridgehead atoms. The van der Waals surface area contributed by atoms with E-state index in [-0.39, 0.29) is 43.7 Å². The number of benzene rings is 2. The van der Waals surface area contributed by atoms with E-state index >= 15 is 0 Å². The molecule has 0 aliphatic heterocycles. The number of carbonyl (C=O) groups is 5. The van der Waals surface area contributed by atoms with Crippen LogP contribution in [0.25, 0.3) is 11.3 Å². The first kappa shape index (κ1) is 49.5. The lowest BCUT2D eigenvalue weighted by molar-refractivity contribution is -0.130. The second-order valence-electron chi connectivity index (χ2n) is 13.8. The van der Waals surface area contributed by atoms with Crippen LogP contribution in [0.3, 0.4) is 0 Å². The number of nitriles is 1. The fourth-order valence-corrected chi connectivity index (χ4v) is 5.35. The van der Waals surface area contributed by atoms with Gasteiger partial charge in [-0.15, -0.1) is 12.3 Å². The topological polar surface area (TPSA) is 289 Å². The highest BCUT2D eigenvalue weighted by molar-refractivity contribution is 5.96. The number of unbranched alkanes of at least 4 members (excludes halogenated alkanes) is 1. The number of ether oxygens (including phenoxy) is 3. The van der Waals surface area contributed by atoms with Crippen molar-refractivity contribution >= 4 is 47.2 Å². The minimum atomic E-state index is -0.788. The molecule has 0 saturated heterocycles. The standard InChI is InChI=1S/C39H44N10O7.C4H10N2O/c1-5-6-7-12-34(50)47-37(25(2)3)38(52)44-23-35(51)45-27-15-13-26(14-16-27)24-56-39(53)41-17-9-18-55-31-11-8-10-30(54-4)36(31)29-19-32(49-48-29)46-33-22-42-28(20-40)21-43-33;1-2-3-6-4(5)7/h1,8,10-11,13-16,19,21-22,25,37H,6-7,9,12,17-18,23-24H2,2-4H3,(H,41,53)(H,44,52)(H,45,51)(H,47,50)(H2,43,46,48,49);2-3H2,1H3,(H3,5,6,7). The van der Waals surface area contributed by atoms with Gasteiger partial charge in [0.2, 0.25) is 17.7 Å². The number of nitrogens with two attached hydrogens (primary N) is 1. The molecule has 9 N–H and O–H groups in total. The Bertz CT molecular complexity index is 2180. The highest BCUT2D eigenvalue weighted by Gasteiger charge is 2.24. The van der Waals surface area contributed by atoms with E-state index < -0.39 is 30.0 Å². The summed E-state index contributed by atoms with van der Waals surface area (Å²) in [6.07, 6.45) is 10.0. The van der Waals surface area contributed by atoms with E-state index in [4.69, 9.17) is 31.6 Å². The number of amides is 6. The molecule has 0 saturated carbocycles. The number of anilines is 3. The second-order valence-corrected chi connectivity index (χ2v) is 13.8. The van der Waals surface area contributed by atoms with Gasteiger partial charge in [0, 0.05) is 37.7 Å². The predicted molar refractivity (Wildman–Crippen MR) is 234 cm³/mol. The van der Waals surface area contributed by atoms with E-state index in [1.807, 2.05) is 13.0 Å². The van der Waals surface area contributed by atoms with Crippen molar-refractivity contribution in [3.63, 3.8) is 0 Å². The molecule has 1 unspecified atom stereocenters. The fraction of sp³-hybridized carbons (Fsp3) is 0.372. The van der Waals surface area contributed by atoms with Gasteiger partial charge < -0.3 is 51.8 Å². The van der Waals surface area contributed by atoms with Crippen LogP contribution in [0.2, 0.25) is 0 Å². The number of rotatable bonds is 22. The third kappa shape index (κ3) is 18.1. The Labute approximate surface area is 365 Å². The Morgan fingerprint density at radius 3 is 2.33 bits per heavy atom. The van der Waals surface area contributed by atoms with Gasteiger partial charge in [-0.25, -0.2) is 19.6 Å². The number of terminal acetylenes is 1. The number of hydrogen-bond donors (Lipinski definition) is 8. The van der Waals surface area contributed by atoms with Crippen molar-refractivity contribution in [2.45, 2.75) is 65.5 Å². The third-order valence-corrected chi connectivity index (χ3v) is 8.50. The largest absolute Gasteiger partial charge is 0.496 e. The first-order valence-corrected chi connectivity index (χ1v) is 20.0. The minimum Gasteiger partial charge on any atom is -0.496 e. The first-order chi connectivity index (χ1) is 30.4. The van der Waals surface area contributed by atoms with Crippen molar-refractivity contribution in [3.8, 4) is 41.2 Å². The molecule has 4 rings (SSSR count). The summed E-state index contributed by atoms with van der Waals surface area (Å²) in [6.45, 7) is 6.53. The lowest BCUT2D eigenvalue weighted by Crippen LogP contribution is -2.51. The lowest BCUT2D eigenvalue weighted by Gasteiger charge is -2.21. The molecular weight excluding hydrogens is 813 g/mol. The molecule has 2 aromatic heterocycles. The normalized spacial score (nSPS) is 10.7. The van der Waals surface area contributed by atoms with E-state index in [1.54, 1.807) is 69.5 Å². The molecule has 63 heavy (non-hydrogen) atoms. The van der Waals surface area contributed by atoms with Crippen LogP contribution in [-0.4, -0.2) is 89.4 Å². The van der Waals surface area contributed by atoms with Gasteiger partial charge in [-0.2, -0.15) is 10.4 Å². The summed E-state index contributed by atoms with van der Waals surface area (Å²) < 4.78 is 16.9. The van der Waals surface area contributed by atoms with Gasteiger partial charge in [0.15, 0.2) is 11.5 Å². The van der Waals surface area contributed by atoms with E-state index in [0.29, 0.717) is 78.0 Å². The Balaban J connectivity index is 0.00000139. The minimum absolute atomic E-state index is 0.00358. The smallest absolute Gasteiger partial charge is 0.407 e. The number of alkyl carbamates (subject to hydrolysis) is 1. The maximum atomic E-state index is 12.7. The number of hydrogen-bond acceptors (Lipinski definition) is 13. The van der Waals surface area contributed by atoms with Crippen molar-refractivity contribution in [1.82, 2.24) is 41.4 Å². The van der Waals surface area contributed by atoms with Crippen molar-refractivity contribution in [1.29, 1.82) is 5.26 Å². The molecule has 4 aromatic rings. The molecule has 334 valence electrons. The maximum absolute atomic E-state index is 12.7. The van der Waals surface area contributed by atoms with Gasteiger partial charge >= 0.3 is 12.1 Å². The van der Waals surface area contributed by atoms with E-state index in [0.717, 1.165) is 6.42 Å². The average Bonchev–Trinajstić information content (AvgIpc) is 3.74. The molecule has 20 nitrogen and oxygen atoms in total. The molecule has 2 aromatic carbocycles. The molecule has 0 fully saturated rings. The monoisotopic (exact) mass is 866 g/mol. The third-order valence-electron chi connectivity index (χ3n) is 8.50. The summed E-state index contributed by atoms with van der Waals surface area (Å²) in [4.78, 5) is 67.6. The van der Waals surface area contributed by atoms with Crippen molar-refractivity contribution in [3.05, 3.63) is 72.2 Å². The zero-order valence-electron chi connectivity index (χ0n) is 35.7. The van der Waals surface area contributed by atoms with Crippen molar-refractivity contribution in [2.75, 3.05) is 44.0 Å². The summed E-state index contributed by atoms with van der Waals surface area (Å²) in [5.74, 6) is 3.08. The number of nitrogens with one attached hydrogen (secondary N) is 7. The van der Waals surface area contributed by atoms with Gasteiger partial charge in [-0.1, -0.05) is 39.0 Å². The van der Waals surface area contributed by atoms with Crippen LogP contribution in [0.5, 0.6) is 11.5 Å². The van der Waals surface area contributed by atoms with Crippen LogP contribution in [0.15, 0.2) is 60.9 Å². The molecule has 0 aliphatic carbocycles. The van der Waals surface area contributed by atoms with Crippen LogP contribution < -0.4 is 47.1 Å². The van der Waals surface area contributed by atoms with E-state index in [9.17, 15) is 24.0 Å². The Morgan fingerprint density at radius 2 is 1.70 bits per heavy atom. The predicted octanol–water partition coefficient (Wildman–Crippen LogP) is 4.25. The van der Waals surface area contributed by atoms with Gasteiger partial charge in [-0.05, 0) is 55.0 Å². The van der Waals surface area contributed by atoms with Crippen molar-refractivity contribution < 1.29 is 38.2 Å². The Kier molecular flexibility index (Phi) is 21.3. The van der Waals surface area contributed by atoms with Crippen LogP contribution in [0.1, 0.15) is 64.1 Å². The van der Waals surface area contributed by atoms with Crippen LogP contribution in [-0.2, 0) is 25.7 Å². The fourth-order valence-electron chi connectivity index (χ4n) is 5.35. The second kappa shape index (κ2) is 27.1. The first-order valence-electron chi connectivity index (χ1n) is 20.0. The number of aromatic amines is 1. The molecule has 0 aliphatic rings. The van der Waals surface area contributed by atoms with Gasteiger partial charge in [0.05, 0.1) is 43.9 Å². The van der Waals surface area contributed by atoms with Crippen LogP contribution >= 0.6 is 0 Å². The summed E-state index contributed by atoms with van der Waals surface area (Å²) >= 11 is 0. The number of methoxy groups -OCH3 is 1. The average molecular weight is 867 g/mol. The Morgan fingerprint density at radius 1 is 0.937 bits per heavy atom. The van der Waals surface area contributed by atoms with E-state index in [2.05, 4.69) is 58.0 Å². The zero-order valence-corrected chi connectivity index (χ0v) is 35.7. The van der Waals surface area contributed by atoms with Crippen LogP contribution in [0.4, 0.5) is 26.9 Å². The van der Waals surface area contributed by atoms with E-state index in [1.165, 1.54) is 12.4 Å². The molecular formula is C43H54N12O8. The number of nitrogens with zero attached hydrogens (tertiary/aromatic N) is 4. The van der Waals surface area contributed by atoms with Gasteiger partial charge in [0.25, 0.3) is 0 Å². The number of carbonyl (C=O) groups excluding carboxylic acids is 5.